The summed E-state index contributed by atoms with van der Waals surface area (Å²) in [5, 5.41) is 0. The number of hydrogen-bond donors (Lipinski definition) is 1. The van der Waals surface area contributed by atoms with E-state index in [9.17, 15) is 9.59 Å². The Kier molecular flexibility index (Phi) is 2.67. The van der Waals surface area contributed by atoms with Gasteiger partial charge in [-0.25, -0.2) is 4.79 Å². The Morgan fingerprint density at radius 2 is 1.93 bits per heavy atom. The third-order valence-electron chi connectivity index (χ3n) is 2.56. The molecule has 1 aliphatic heterocycles. The molecule has 0 aromatic carbocycles. The molecule has 15 heavy (non-hydrogen) atoms. The fourth-order valence-corrected chi connectivity index (χ4v) is 1.43. The number of nitrogens with zero attached hydrogens (tertiary/aromatic N) is 1. The average Bonchev–Trinajstić information content (AvgIpc) is 1.96. The molecule has 1 heterocycles. The Bertz CT molecular complexity index is 296. The highest BCUT2D eigenvalue weighted by Crippen LogP contribution is 2.31. The number of carbonyl (C=O) groups is 2. The third-order valence-corrected chi connectivity index (χ3v) is 2.56. The van der Waals surface area contributed by atoms with Crippen LogP contribution in [-0.2, 0) is 9.53 Å². The largest absolute Gasteiger partial charge is 0.444 e. The van der Waals surface area contributed by atoms with Gasteiger partial charge in [0.15, 0.2) is 0 Å². The van der Waals surface area contributed by atoms with Crippen LogP contribution < -0.4 is 5.73 Å². The molecule has 0 saturated carbocycles. The number of primary amides is 1. The number of hydrogen-bond acceptors (Lipinski definition) is 3. The minimum atomic E-state index is -0.873. The quantitative estimate of drug-likeness (QED) is 0.704. The summed E-state index contributed by atoms with van der Waals surface area (Å²) in [4.78, 5) is 24.2. The molecule has 1 aliphatic rings. The zero-order chi connectivity index (χ0) is 11.9. The summed E-state index contributed by atoms with van der Waals surface area (Å²) in [6.45, 7) is 7.53. The molecule has 2 amide bonds. The van der Waals surface area contributed by atoms with E-state index in [2.05, 4.69) is 0 Å². The second-order valence-corrected chi connectivity index (χ2v) is 5.02. The molecule has 0 aliphatic carbocycles. The first-order valence-electron chi connectivity index (χ1n) is 4.97. The minimum Gasteiger partial charge on any atom is -0.444 e. The fourth-order valence-electron chi connectivity index (χ4n) is 1.43. The molecular weight excluding hydrogens is 196 g/mol. The van der Waals surface area contributed by atoms with Gasteiger partial charge >= 0.3 is 6.09 Å². The maximum atomic E-state index is 11.7. The first-order valence-corrected chi connectivity index (χ1v) is 4.97. The lowest BCUT2D eigenvalue weighted by atomic mass is 9.86. The van der Waals surface area contributed by atoms with E-state index in [1.165, 1.54) is 4.90 Å². The molecule has 0 unspecified atom stereocenters. The summed E-state index contributed by atoms with van der Waals surface area (Å²) >= 11 is 0. The van der Waals surface area contributed by atoms with E-state index in [1.807, 2.05) is 0 Å². The number of ether oxygens (including phenoxy) is 1. The molecule has 1 atom stereocenters. The smallest absolute Gasteiger partial charge is 0.411 e. The molecule has 5 heteroatoms. The van der Waals surface area contributed by atoms with Gasteiger partial charge < -0.3 is 10.5 Å². The normalized spacial score (nSPS) is 25.7. The zero-order valence-electron chi connectivity index (χ0n) is 9.66. The van der Waals surface area contributed by atoms with Crippen LogP contribution in [0.4, 0.5) is 4.79 Å². The lowest BCUT2D eigenvalue weighted by molar-refractivity contribution is -0.136. The van der Waals surface area contributed by atoms with Crippen LogP contribution in [0.15, 0.2) is 0 Å². The summed E-state index contributed by atoms with van der Waals surface area (Å²) in [5.41, 5.74) is 3.81. The van der Waals surface area contributed by atoms with E-state index < -0.39 is 23.1 Å². The molecule has 0 spiro atoms. The summed E-state index contributed by atoms with van der Waals surface area (Å²) in [6, 6.07) is 0. The number of carbonyl (C=O) groups excluding carboxylic acids is 2. The van der Waals surface area contributed by atoms with Crippen LogP contribution in [0.25, 0.3) is 0 Å². The number of rotatable bonds is 1. The number of likely N-dealkylation sites (tertiary alicyclic amines) is 1. The Morgan fingerprint density at radius 1 is 1.40 bits per heavy atom. The van der Waals surface area contributed by atoms with Gasteiger partial charge in [-0.2, -0.15) is 0 Å². The van der Waals surface area contributed by atoms with E-state index in [0.717, 1.165) is 0 Å². The molecule has 0 aromatic rings. The van der Waals surface area contributed by atoms with Crippen LogP contribution in [-0.4, -0.2) is 34.6 Å². The minimum absolute atomic E-state index is 0.477. The van der Waals surface area contributed by atoms with E-state index >= 15 is 0 Å². The monoisotopic (exact) mass is 214 g/mol. The van der Waals surface area contributed by atoms with Crippen LogP contribution in [0.3, 0.4) is 0 Å². The van der Waals surface area contributed by atoms with Crippen LogP contribution in [0.1, 0.15) is 34.1 Å². The van der Waals surface area contributed by atoms with Crippen molar-refractivity contribution in [2.45, 2.75) is 45.3 Å². The Labute approximate surface area is 89.6 Å². The van der Waals surface area contributed by atoms with Crippen LogP contribution in [0, 0.1) is 0 Å². The third kappa shape index (κ3) is 2.22. The number of nitrogens with two attached hydrogens (primary N) is 1. The van der Waals surface area contributed by atoms with Crippen molar-refractivity contribution in [3.8, 4) is 0 Å². The van der Waals surface area contributed by atoms with Crippen molar-refractivity contribution in [3.63, 3.8) is 0 Å². The molecule has 86 valence electrons. The lowest BCUT2D eigenvalue weighted by Crippen LogP contribution is -2.67. The molecule has 0 aromatic heterocycles. The first kappa shape index (κ1) is 11.8. The maximum Gasteiger partial charge on any atom is 0.411 e. The Morgan fingerprint density at radius 3 is 2.20 bits per heavy atom. The topological polar surface area (TPSA) is 72.6 Å². The highest BCUT2D eigenvalue weighted by atomic mass is 16.6. The van der Waals surface area contributed by atoms with Crippen molar-refractivity contribution >= 4 is 12.0 Å². The van der Waals surface area contributed by atoms with Crippen molar-refractivity contribution in [1.82, 2.24) is 4.90 Å². The highest BCUT2D eigenvalue weighted by Gasteiger charge is 2.49. The van der Waals surface area contributed by atoms with Gasteiger partial charge in [-0.1, -0.05) is 0 Å². The van der Waals surface area contributed by atoms with Crippen LogP contribution >= 0.6 is 0 Å². The van der Waals surface area contributed by atoms with Crippen LogP contribution in [0.2, 0.25) is 0 Å². The summed E-state index contributed by atoms with van der Waals surface area (Å²) in [7, 11) is 0. The second kappa shape index (κ2) is 3.40. The molecule has 0 radical (unpaired) electrons. The van der Waals surface area contributed by atoms with E-state index in [-0.39, 0.29) is 0 Å². The standard InChI is InChI=1S/C10H18N2O3/c1-9(2,3)15-8(14)12-6-5-10(12,4)7(11)13/h5-6H2,1-4H3,(H2,11,13)/t10-/m0/s1. The van der Waals surface area contributed by atoms with Gasteiger partial charge in [0.1, 0.15) is 11.1 Å². The SMILES string of the molecule is CC(C)(C)OC(=O)N1CC[C@@]1(C)C(N)=O. The first-order chi connectivity index (χ1) is 6.67. The van der Waals surface area contributed by atoms with Gasteiger partial charge in [-0.3, -0.25) is 9.69 Å². The van der Waals surface area contributed by atoms with E-state index in [0.29, 0.717) is 13.0 Å². The molecule has 1 fully saturated rings. The molecule has 1 saturated heterocycles. The van der Waals surface area contributed by atoms with Gasteiger partial charge in [0, 0.05) is 6.54 Å². The van der Waals surface area contributed by atoms with Crippen molar-refractivity contribution in [2.24, 2.45) is 5.73 Å². The van der Waals surface area contributed by atoms with Crippen molar-refractivity contribution in [1.29, 1.82) is 0 Å². The van der Waals surface area contributed by atoms with Crippen molar-refractivity contribution in [3.05, 3.63) is 0 Å². The maximum absolute atomic E-state index is 11.7. The zero-order valence-corrected chi connectivity index (χ0v) is 9.66. The average molecular weight is 214 g/mol. The van der Waals surface area contributed by atoms with E-state index in [1.54, 1.807) is 27.7 Å². The predicted molar refractivity (Wildman–Crippen MR) is 55.2 cm³/mol. The van der Waals surface area contributed by atoms with Gasteiger partial charge in [0.2, 0.25) is 5.91 Å². The second-order valence-electron chi connectivity index (χ2n) is 5.02. The van der Waals surface area contributed by atoms with Gasteiger partial charge in [-0.05, 0) is 34.1 Å². The summed E-state index contributed by atoms with van der Waals surface area (Å²) < 4.78 is 5.17. The molecule has 1 rings (SSSR count). The van der Waals surface area contributed by atoms with Gasteiger partial charge in [0.25, 0.3) is 0 Å². The molecule has 5 nitrogen and oxygen atoms in total. The van der Waals surface area contributed by atoms with Crippen LogP contribution in [0.5, 0.6) is 0 Å². The molecule has 0 bridgehead atoms. The molecule has 2 N–H and O–H groups in total. The van der Waals surface area contributed by atoms with Crippen molar-refractivity contribution < 1.29 is 14.3 Å². The highest BCUT2D eigenvalue weighted by molar-refractivity contribution is 5.90. The lowest BCUT2D eigenvalue weighted by Gasteiger charge is -2.47. The predicted octanol–water partition coefficient (Wildman–Crippen LogP) is 0.871. The molecular formula is C10H18N2O3. The van der Waals surface area contributed by atoms with Gasteiger partial charge in [-0.15, -0.1) is 0 Å². The van der Waals surface area contributed by atoms with Crippen molar-refractivity contribution in [2.75, 3.05) is 6.54 Å². The number of amides is 2. The summed E-state index contributed by atoms with van der Waals surface area (Å²) in [5.74, 6) is -0.486. The fraction of sp³-hybridized carbons (Fsp3) is 0.800. The summed E-state index contributed by atoms with van der Waals surface area (Å²) in [6.07, 6.45) is 0.122. The Hall–Kier alpha value is -1.26. The van der Waals surface area contributed by atoms with Gasteiger partial charge in [0.05, 0.1) is 0 Å². The Balaban J connectivity index is 2.67. The van der Waals surface area contributed by atoms with E-state index in [4.69, 9.17) is 10.5 Å².